The van der Waals surface area contributed by atoms with Crippen LogP contribution < -0.4 is 0 Å². The zero-order valence-electron chi connectivity index (χ0n) is 10.1. The smallest absolute Gasteiger partial charge is 0.180 e. The van der Waals surface area contributed by atoms with Crippen LogP contribution in [-0.4, -0.2) is 19.9 Å². The van der Waals surface area contributed by atoms with Crippen LogP contribution in [-0.2, 0) is 6.42 Å². The summed E-state index contributed by atoms with van der Waals surface area (Å²) in [5, 5.41) is 0.411. The molecule has 0 amide bonds. The van der Waals surface area contributed by atoms with Crippen molar-refractivity contribution in [1.29, 1.82) is 0 Å². The molecule has 0 aliphatic carbocycles. The summed E-state index contributed by atoms with van der Waals surface area (Å²) < 4.78 is 0.760. The topological polar surface area (TPSA) is 51.6 Å². The summed E-state index contributed by atoms with van der Waals surface area (Å²) in [6.07, 6.45) is 3.96. The molecule has 2 aromatic heterocycles. The predicted octanol–water partition coefficient (Wildman–Crippen LogP) is 3.55. The fraction of sp³-hybridized carbons (Fsp3) is 0.333. The number of nitrogens with zero attached hydrogens (tertiary/aromatic N) is 4. The van der Waals surface area contributed by atoms with E-state index >= 15 is 0 Å². The van der Waals surface area contributed by atoms with Crippen LogP contribution in [0.25, 0.3) is 11.5 Å². The highest BCUT2D eigenvalue weighted by molar-refractivity contribution is 9.10. The molecule has 2 rings (SSSR count). The summed E-state index contributed by atoms with van der Waals surface area (Å²) in [5.74, 6) is 1.02. The van der Waals surface area contributed by atoms with Crippen LogP contribution in [0.5, 0.6) is 0 Å². The van der Waals surface area contributed by atoms with Gasteiger partial charge in [0.1, 0.15) is 17.2 Å². The molecule has 0 saturated carbocycles. The second-order valence-electron chi connectivity index (χ2n) is 4.29. The zero-order valence-corrected chi connectivity index (χ0v) is 12.4. The largest absolute Gasteiger partial charge is 0.245 e. The molecule has 0 atom stereocenters. The van der Waals surface area contributed by atoms with Gasteiger partial charge in [-0.05, 0) is 34.3 Å². The summed E-state index contributed by atoms with van der Waals surface area (Å²) in [6.45, 7) is 4.26. The molecule has 0 spiro atoms. The third-order valence-corrected chi connectivity index (χ3v) is 3.63. The Morgan fingerprint density at radius 1 is 1.33 bits per heavy atom. The van der Waals surface area contributed by atoms with E-state index < -0.39 is 0 Å². The van der Waals surface area contributed by atoms with Crippen molar-refractivity contribution in [2.75, 3.05) is 0 Å². The van der Waals surface area contributed by atoms with Crippen molar-refractivity contribution < 1.29 is 0 Å². The molecule has 0 fully saturated rings. The number of halogens is 2. The van der Waals surface area contributed by atoms with Gasteiger partial charge in [0.25, 0.3) is 0 Å². The molecule has 4 nitrogen and oxygen atoms in total. The van der Waals surface area contributed by atoms with Gasteiger partial charge in [-0.15, -0.1) is 0 Å². The maximum absolute atomic E-state index is 6.11. The molecule has 0 aliphatic rings. The molecule has 0 aliphatic heterocycles. The lowest BCUT2D eigenvalue weighted by molar-refractivity contribution is 0.632. The number of aromatic nitrogens is 4. The Bertz CT molecular complexity index is 545. The Hall–Kier alpha value is -1.07. The Kier molecular flexibility index (Phi) is 4.24. The molecular weight excluding hydrogens is 316 g/mol. The average Bonchev–Trinajstić information content (AvgIpc) is 2.35. The molecule has 0 N–H and O–H groups in total. The average molecular weight is 328 g/mol. The Morgan fingerprint density at radius 2 is 2.11 bits per heavy atom. The van der Waals surface area contributed by atoms with E-state index in [2.05, 4.69) is 49.7 Å². The van der Waals surface area contributed by atoms with E-state index in [9.17, 15) is 0 Å². The van der Waals surface area contributed by atoms with Crippen LogP contribution in [0, 0.1) is 5.92 Å². The molecular formula is C12H12BrClN4. The molecule has 18 heavy (non-hydrogen) atoms. The molecule has 2 aromatic rings. The molecule has 0 radical (unpaired) electrons. The molecule has 0 unspecified atom stereocenters. The minimum absolute atomic E-state index is 0.411. The lowest BCUT2D eigenvalue weighted by Crippen LogP contribution is -2.03. The van der Waals surface area contributed by atoms with Crippen molar-refractivity contribution in [3.8, 4) is 11.5 Å². The van der Waals surface area contributed by atoms with Crippen LogP contribution in [0.4, 0.5) is 0 Å². The third-order valence-electron chi connectivity index (χ3n) is 2.29. The van der Waals surface area contributed by atoms with Crippen molar-refractivity contribution in [3.63, 3.8) is 0 Å². The van der Waals surface area contributed by atoms with E-state index in [1.54, 1.807) is 12.3 Å². The maximum atomic E-state index is 6.11. The first-order valence-electron chi connectivity index (χ1n) is 5.56. The lowest BCUT2D eigenvalue weighted by Gasteiger charge is -2.09. The predicted molar refractivity (Wildman–Crippen MR) is 74.3 cm³/mol. The molecule has 0 saturated heterocycles. The van der Waals surface area contributed by atoms with E-state index in [-0.39, 0.29) is 0 Å². The fourth-order valence-corrected chi connectivity index (χ4v) is 2.05. The molecule has 2 heterocycles. The van der Waals surface area contributed by atoms with E-state index in [0.29, 0.717) is 22.6 Å². The Labute approximate surface area is 119 Å². The third kappa shape index (κ3) is 3.03. The first kappa shape index (κ1) is 13.4. The van der Waals surface area contributed by atoms with E-state index in [1.165, 1.54) is 6.33 Å². The highest BCUT2D eigenvalue weighted by atomic mass is 79.9. The first-order chi connectivity index (χ1) is 8.58. The van der Waals surface area contributed by atoms with Crippen molar-refractivity contribution >= 4 is 27.5 Å². The Morgan fingerprint density at radius 3 is 2.72 bits per heavy atom. The van der Waals surface area contributed by atoms with Gasteiger partial charge in [0.05, 0.1) is 10.2 Å². The van der Waals surface area contributed by atoms with Gasteiger partial charge in [0.2, 0.25) is 0 Å². The number of rotatable bonds is 3. The monoisotopic (exact) mass is 326 g/mol. The van der Waals surface area contributed by atoms with Gasteiger partial charge in [0, 0.05) is 6.20 Å². The SMILES string of the molecule is CC(C)Cc1nc(-c2ccncn2)nc(Cl)c1Br. The molecule has 94 valence electrons. The van der Waals surface area contributed by atoms with Gasteiger partial charge in [-0.1, -0.05) is 25.4 Å². The lowest BCUT2D eigenvalue weighted by atomic mass is 10.1. The van der Waals surface area contributed by atoms with Crippen molar-refractivity contribution in [2.24, 2.45) is 5.92 Å². The maximum Gasteiger partial charge on any atom is 0.180 e. The normalized spacial score (nSPS) is 10.9. The van der Waals surface area contributed by atoms with Gasteiger partial charge in [0.15, 0.2) is 5.82 Å². The van der Waals surface area contributed by atoms with Crippen molar-refractivity contribution in [3.05, 3.63) is 33.9 Å². The molecule has 0 bridgehead atoms. The standard InChI is InChI=1S/C12H12BrClN4/c1-7(2)5-9-10(13)11(14)18-12(17-9)8-3-4-15-6-16-8/h3-4,6-7H,5H2,1-2H3. The highest BCUT2D eigenvalue weighted by Crippen LogP contribution is 2.27. The summed E-state index contributed by atoms with van der Waals surface area (Å²) in [5.41, 5.74) is 1.57. The second-order valence-corrected chi connectivity index (χ2v) is 5.44. The summed E-state index contributed by atoms with van der Waals surface area (Å²) in [6, 6.07) is 1.76. The van der Waals surface area contributed by atoms with Crippen LogP contribution in [0.3, 0.4) is 0 Å². The van der Waals surface area contributed by atoms with Gasteiger partial charge in [-0.25, -0.2) is 19.9 Å². The minimum atomic E-state index is 0.411. The van der Waals surface area contributed by atoms with Gasteiger partial charge in [-0.3, -0.25) is 0 Å². The van der Waals surface area contributed by atoms with Crippen LogP contribution in [0.2, 0.25) is 5.15 Å². The fourth-order valence-electron chi connectivity index (χ4n) is 1.52. The van der Waals surface area contributed by atoms with Crippen LogP contribution >= 0.6 is 27.5 Å². The van der Waals surface area contributed by atoms with Crippen molar-refractivity contribution in [1.82, 2.24) is 19.9 Å². The van der Waals surface area contributed by atoms with Crippen LogP contribution in [0.1, 0.15) is 19.5 Å². The summed E-state index contributed by atoms with van der Waals surface area (Å²) in [4.78, 5) is 16.7. The van der Waals surface area contributed by atoms with Gasteiger partial charge < -0.3 is 0 Å². The first-order valence-corrected chi connectivity index (χ1v) is 6.73. The zero-order chi connectivity index (χ0) is 13.1. The minimum Gasteiger partial charge on any atom is -0.245 e. The van der Waals surface area contributed by atoms with Gasteiger partial charge in [-0.2, -0.15) is 0 Å². The molecule has 6 heteroatoms. The quantitative estimate of drug-likeness (QED) is 0.809. The van der Waals surface area contributed by atoms with Crippen LogP contribution in [0.15, 0.2) is 23.1 Å². The van der Waals surface area contributed by atoms with E-state index in [1.807, 2.05) is 0 Å². The van der Waals surface area contributed by atoms with E-state index in [4.69, 9.17) is 11.6 Å². The molecule has 0 aromatic carbocycles. The highest BCUT2D eigenvalue weighted by Gasteiger charge is 2.13. The summed E-state index contributed by atoms with van der Waals surface area (Å²) >= 11 is 9.54. The summed E-state index contributed by atoms with van der Waals surface area (Å²) in [7, 11) is 0. The number of hydrogen-bond acceptors (Lipinski definition) is 4. The second kappa shape index (κ2) is 5.71. The Balaban J connectivity index is 2.47. The van der Waals surface area contributed by atoms with Crippen molar-refractivity contribution in [2.45, 2.75) is 20.3 Å². The van der Waals surface area contributed by atoms with E-state index in [0.717, 1.165) is 16.6 Å². The van der Waals surface area contributed by atoms with Gasteiger partial charge >= 0.3 is 0 Å². The number of hydrogen-bond donors (Lipinski definition) is 0.